The zero-order valence-electron chi connectivity index (χ0n) is 11.0. The smallest absolute Gasteiger partial charge is 0.102 e. The van der Waals surface area contributed by atoms with Crippen molar-refractivity contribution < 1.29 is 5.11 Å². The first-order chi connectivity index (χ1) is 9.28. The van der Waals surface area contributed by atoms with E-state index in [0.29, 0.717) is 12.5 Å². The predicted octanol–water partition coefficient (Wildman–Crippen LogP) is 1.49. The third kappa shape index (κ3) is 4.50. The molecule has 102 valence electrons. The molecule has 0 saturated carbocycles. The SMILES string of the molecule is NCC(O)=CCc1cc(CC2CC=CCN2)ccn1. The molecule has 1 unspecified atom stereocenters. The minimum Gasteiger partial charge on any atom is -0.511 e. The Balaban J connectivity index is 1.96. The van der Waals surface area contributed by atoms with Crippen molar-refractivity contribution in [1.29, 1.82) is 0 Å². The summed E-state index contributed by atoms with van der Waals surface area (Å²) in [7, 11) is 0. The van der Waals surface area contributed by atoms with Crippen molar-refractivity contribution in [3.05, 3.63) is 53.6 Å². The quantitative estimate of drug-likeness (QED) is 0.553. The summed E-state index contributed by atoms with van der Waals surface area (Å²) in [4.78, 5) is 4.31. The Bertz CT molecular complexity index is 468. The number of hydrogen-bond acceptors (Lipinski definition) is 4. The van der Waals surface area contributed by atoms with Crippen molar-refractivity contribution >= 4 is 0 Å². The number of allylic oxidation sites excluding steroid dienone is 1. The van der Waals surface area contributed by atoms with Gasteiger partial charge in [0.25, 0.3) is 0 Å². The molecule has 4 nitrogen and oxygen atoms in total. The third-order valence-corrected chi connectivity index (χ3v) is 3.23. The van der Waals surface area contributed by atoms with E-state index in [9.17, 15) is 5.11 Å². The second-order valence-electron chi connectivity index (χ2n) is 4.78. The molecule has 4 heteroatoms. The summed E-state index contributed by atoms with van der Waals surface area (Å²) in [6.07, 6.45) is 10.6. The van der Waals surface area contributed by atoms with Gasteiger partial charge in [-0.15, -0.1) is 0 Å². The van der Waals surface area contributed by atoms with Crippen LogP contribution in [0.5, 0.6) is 0 Å². The molecule has 0 spiro atoms. The number of nitrogens with one attached hydrogen (secondary N) is 1. The lowest BCUT2D eigenvalue weighted by atomic mass is 10.0. The Kier molecular flexibility index (Phi) is 5.12. The van der Waals surface area contributed by atoms with Crippen LogP contribution in [0, 0.1) is 0 Å². The maximum absolute atomic E-state index is 9.34. The number of nitrogens with two attached hydrogens (primary N) is 1. The zero-order valence-corrected chi connectivity index (χ0v) is 11.0. The van der Waals surface area contributed by atoms with Crippen LogP contribution in [0.25, 0.3) is 0 Å². The van der Waals surface area contributed by atoms with E-state index in [-0.39, 0.29) is 12.3 Å². The van der Waals surface area contributed by atoms with Gasteiger partial charge in [0.15, 0.2) is 0 Å². The minimum absolute atomic E-state index is 0.179. The molecule has 0 aromatic carbocycles. The minimum atomic E-state index is 0.179. The molecule has 19 heavy (non-hydrogen) atoms. The van der Waals surface area contributed by atoms with Crippen LogP contribution in [0.15, 0.2) is 42.3 Å². The maximum Gasteiger partial charge on any atom is 0.102 e. The summed E-state index contributed by atoms with van der Waals surface area (Å²) in [6.45, 7) is 1.13. The topological polar surface area (TPSA) is 71.2 Å². The average molecular weight is 259 g/mol. The molecule has 0 bridgehead atoms. The fourth-order valence-corrected chi connectivity index (χ4v) is 2.17. The Morgan fingerprint density at radius 1 is 1.53 bits per heavy atom. The van der Waals surface area contributed by atoms with Crippen LogP contribution in [0.3, 0.4) is 0 Å². The molecule has 2 rings (SSSR count). The van der Waals surface area contributed by atoms with E-state index in [1.54, 1.807) is 6.08 Å². The van der Waals surface area contributed by atoms with Crippen molar-refractivity contribution in [1.82, 2.24) is 10.3 Å². The molecule has 0 saturated heterocycles. The monoisotopic (exact) mass is 259 g/mol. The second kappa shape index (κ2) is 7.07. The summed E-state index contributed by atoms with van der Waals surface area (Å²) >= 11 is 0. The van der Waals surface area contributed by atoms with Crippen molar-refractivity contribution in [2.75, 3.05) is 13.1 Å². The predicted molar refractivity (Wildman–Crippen MR) is 77.0 cm³/mol. The Hall–Kier alpha value is -1.65. The molecule has 1 aromatic rings. The number of aliphatic hydroxyl groups excluding tert-OH is 1. The van der Waals surface area contributed by atoms with Crippen LogP contribution >= 0.6 is 0 Å². The highest BCUT2D eigenvalue weighted by atomic mass is 16.3. The Morgan fingerprint density at radius 3 is 3.16 bits per heavy atom. The van der Waals surface area contributed by atoms with Crippen LogP contribution < -0.4 is 11.1 Å². The second-order valence-corrected chi connectivity index (χ2v) is 4.78. The summed E-state index contributed by atoms with van der Waals surface area (Å²) in [5.41, 5.74) is 7.57. The zero-order chi connectivity index (χ0) is 13.5. The molecule has 0 aliphatic carbocycles. The summed E-state index contributed by atoms with van der Waals surface area (Å²) in [5, 5.41) is 12.8. The third-order valence-electron chi connectivity index (χ3n) is 3.23. The van der Waals surface area contributed by atoms with E-state index in [0.717, 1.165) is 25.1 Å². The lowest BCUT2D eigenvalue weighted by Gasteiger charge is -2.19. The Labute approximate surface area is 114 Å². The molecule has 1 aromatic heterocycles. The molecular weight excluding hydrogens is 238 g/mol. The normalized spacial score (nSPS) is 19.6. The molecule has 0 fully saturated rings. The van der Waals surface area contributed by atoms with E-state index in [1.807, 2.05) is 6.20 Å². The first-order valence-electron chi connectivity index (χ1n) is 6.68. The summed E-state index contributed by atoms with van der Waals surface area (Å²) in [6, 6.07) is 4.66. The van der Waals surface area contributed by atoms with E-state index in [4.69, 9.17) is 5.73 Å². The molecule has 2 heterocycles. The van der Waals surface area contributed by atoms with Crippen molar-refractivity contribution in [3.63, 3.8) is 0 Å². The molecule has 0 amide bonds. The lowest BCUT2D eigenvalue weighted by molar-refractivity contribution is 0.401. The number of pyridine rings is 1. The fourth-order valence-electron chi connectivity index (χ4n) is 2.17. The number of hydrogen-bond donors (Lipinski definition) is 3. The highest BCUT2D eigenvalue weighted by molar-refractivity contribution is 5.20. The van der Waals surface area contributed by atoms with Gasteiger partial charge in [-0.1, -0.05) is 12.2 Å². The molecule has 1 aliphatic rings. The van der Waals surface area contributed by atoms with Gasteiger partial charge in [-0.25, -0.2) is 0 Å². The Morgan fingerprint density at radius 2 is 2.42 bits per heavy atom. The largest absolute Gasteiger partial charge is 0.511 e. The molecule has 0 radical (unpaired) electrons. The summed E-state index contributed by atoms with van der Waals surface area (Å²) in [5.74, 6) is 0.214. The van der Waals surface area contributed by atoms with Crippen LogP contribution in [-0.4, -0.2) is 29.2 Å². The van der Waals surface area contributed by atoms with E-state index < -0.39 is 0 Å². The van der Waals surface area contributed by atoms with Gasteiger partial charge in [0.2, 0.25) is 0 Å². The van der Waals surface area contributed by atoms with Gasteiger partial charge in [0.1, 0.15) is 5.76 Å². The van der Waals surface area contributed by atoms with E-state index >= 15 is 0 Å². The van der Waals surface area contributed by atoms with Gasteiger partial charge < -0.3 is 16.2 Å². The number of rotatable bonds is 5. The van der Waals surface area contributed by atoms with Crippen molar-refractivity contribution in [2.45, 2.75) is 25.3 Å². The van der Waals surface area contributed by atoms with Gasteiger partial charge in [0.05, 0.1) is 6.54 Å². The maximum atomic E-state index is 9.34. The molecule has 1 atom stereocenters. The average Bonchev–Trinajstić information content (AvgIpc) is 2.46. The standard InChI is InChI=1S/C15H21N3O/c16-11-15(19)5-4-14-10-12(6-8-18-14)9-13-3-1-2-7-17-13/h1-2,5-6,8,10,13,17,19H,3-4,7,9,11,16H2. The fraction of sp³-hybridized carbons (Fsp3) is 0.400. The van der Waals surface area contributed by atoms with Crippen LogP contribution in [-0.2, 0) is 12.8 Å². The van der Waals surface area contributed by atoms with E-state index in [2.05, 4.69) is 34.6 Å². The first kappa shape index (κ1) is 13.8. The number of nitrogens with zero attached hydrogens (tertiary/aromatic N) is 1. The summed E-state index contributed by atoms with van der Waals surface area (Å²) < 4.78 is 0. The van der Waals surface area contributed by atoms with Crippen LogP contribution in [0.2, 0.25) is 0 Å². The molecule has 4 N–H and O–H groups in total. The number of aliphatic hydroxyl groups is 1. The van der Waals surface area contributed by atoms with Gasteiger partial charge in [-0.3, -0.25) is 4.98 Å². The van der Waals surface area contributed by atoms with Crippen molar-refractivity contribution in [2.24, 2.45) is 5.73 Å². The van der Waals surface area contributed by atoms with Crippen molar-refractivity contribution in [3.8, 4) is 0 Å². The number of aromatic nitrogens is 1. The van der Waals surface area contributed by atoms with Gasteiger partial charge >= 0.3 is 0 Å². The lowest BCUT2D eigenvalue weighted by Crippen LogP contribution is -2.33. The highest BCUT2D eigenvalue weighted by Gasteiger charge is 2.09. The van der Waals surface area contributed by atoms with Gasteiger partial charge in [-0.2, -0.15) is 0 Å². The molecular formula is C15H21N3O. The molecule has 1 aliphatic heterocycles. The highest BCUT2D eigenvalue weighted by Crippen LogP contribution is 2.10. The van der Waals surface area contributed by atoms with Crippen LogP contribution in [0.4, 0.5) is 0 Å². The van der Waals surface area contributed by atoms with Crippen LogP contribution in [0.1, 0.15) is 17.7 Å². The van der Waals surface area contributed by atoms with Gasteiger partial charge in [-0.05, 0) is 36.6 Å². The van der Waals surface area contributed by atoms with E-state index in [1.165, 1.54) is 5.56 Å². The van der Waals surface area contributed by atoms with Gasteiger partial charge in [0, 0.05) is 30.9 Å². The first-order valence-corrected chi connectivity index (χ1v) is 6.68.